The van der Waals surface area contributed by atoms with Gasteiger partial charge in [-0.25, -0.2) is 47.5 Å². The fourth-order valence-corrected chi connectivity index (χ4v) is 4.73. The summed E-state index contributed by atoms with van der Waals surface area (Å²) in [6.07, 6.45) is -24.8. The monoisotopic (exact) mass is 2070 g/mol. The van der Waals surface area contributed by atoms with E-state index in [0.717, 1.165) is 51.0 Å². The SMILES string of the molecule is C.C.C=C(C(=O)OCCC)C(F)(F)F.C=C(C(C)=O)C(F)(F)F.C=C(C)C(=O)OCCC.C=C(C)C(=O)OCCOCC(C)(C(F)(F)F)C(F)(F)F.C=C(C)C(=O)Oc1ccc(C(C)(C(F)(F)F)C(F)(F)F)cc1.C=C(C)C(C)=O.C=C(C)C(C)=O.C=C(F)C(=O)OCC.C=C(F)C(=O)OCCC.C=C(F)C(=O)OCCOCC.C=C(F)C(C)=O.C=CC(=O)OCC.C=CC(=O)OCCC.C=CC(C)=O. The van der Waals surface area contributed by atoms with Crippen LogP contribution < -0.4 is 4.74 Å². The predicted octanol–water partition coefficient (Wildman–Crippen LogP) is 23.8. The first-order valence-corrected chi connectivity index (χ1v) is 39.1. The summed E-state index contributed by atoms with van der Waals surface area (Å²) in [6, 6.07) is 2.99. The molecule has 0 heterocycles. The third kappa shape index (κ3) is 95.8. The summed E-state index contributed by atoms with van der Waals surface area (Å²) in [5.41, 5.74) is -9.95. The fraction of sp³-hybridized carbons (Fsp3) is 0.484. The van der Waals surface area contributed by atoms with E-state index >= 15 is 0 Å². The second kappa shape index (κ2) is 88.0. The number of rotatable bonds is 35. The summed E-state index contributed by atoms with van der Waals surface area (Å²) < 4.78 is 317. The van der Waals surface area contributed by atoms with Crippen molar-refractivity contribution in [3.63, 3.8) is 0 Å². The van der Waals surface area contributed by atoms with Crippen LogP contribution >= 0.6 is 0 Å². The highest BCUT2D eigenvalue weighted by molar-refractivity contribution is 5.94. The van der Waals surface area contributed by atoms with Gasteiger partial charge in [0, 0.05) is 42.4 Å². The van der Waals surface area contributed by atoms with Crippen molar-refractivity contribution < 1.29 is 216 Å². The van der Waals surface area contributed by atoms with Crippen LogP contribution in [0.1, 0.15) is 178 Å². The first-order chi connectivity index (χ1) is 62.4. The number of Topliss-reactive ketones (excluding diaryl/α,β-unsaturated/α-hetero) is 4. The Morgan fingerprint density at radius 3 is 0.771 bits per heavy atom. The van der Waals surface area contributed by atoms with Crippen LogP contribution in [0.2, 0.25) is 0 Å². The molecule has 0 amide bonds. The largest absolute Gasteiger partial charge is 0.463 e. The molecule has 1 rings (SSSR count). The minimum atomic E-state index is -5.53. The number of hydrogen-bond donors (Lipinski definition) is 0. The van der Waals surface area contributed by atoms with Crippen molar-refractivity contribution in [3.05, 3.63) is 202 Å². The highest BCUT2D eigenvalue weighted by Crippen LogP contribution is 2.52. The first kappa shape index (κ1) is 161. The molecule has 0 fully saturated rings. The van der Waals surface area contributed by atoms with E-state index in [1.54, 1.807) is 41.5 Å². The van der Waals surface area contributed by atoms with Crippen molar-refractivity contribution in [2.75, 3.05) is 79.3 Å². The lowest BCUT2D eigenvalue weighted by Crippen LogP contribution is -2.51. The Morgan fingerprint density at radius 1 is 0.300 bits per heavy atom. The maximum absolute atomic E-state index is 12.9. The van der Waals surface area contributed by atoms with Gasteiger partial charge in [-0.3, -0.25) is 24.0 Å². The predicted molar refractivity (Wildman–Crippen MR) is 482 cm³/mol. The maximum atomic E-state index is 12.9. The van der Waals surface area contributed by atoms with Crippen LogP contribution in [0.4, 0.5) is 96.6 Å². The van der Waals surface area contributed by atoms with E-state index < -0.39 is 155 Å². The van der Waals surface area contributed by atoms with E-state index in [9.17, 15) is 164 Å². The number of ether oxygens (including phenoxy) is 11. The summed E-state index contributed by atoms with van der Waals surface area (Å²) in [5.74, 6) is -12.7. The lowest BCUT2D eigenvalue weighted by atomic mass is 9.81. The molecule has 47 heteroatoms. The third-order valence-electron chi connectivity index (χ3n) is 13.1. The quantitative estimate of drug-likeness (QED) is 0.0152. The normalized spacial score (nSPS) is 9.95. The van der Waals surface area contributed by atoms with E-state index in [4.69, 9.17) is 14.2 Å². The standard InChI is InChI=1S/C14H12F6O2.C11H14F6O3.C7H9F3O2.C7H11FO3.C7H12O2.C6H9FO2.C6H10O2.C5H5F3O.C5H7FO2.C5H8O2.2C5H8O.C4H5FO.C4H6O.2CH4/c1-8(2)11(21)22-10-6-4-9(5-7-10)12(3,13(15,16)17)14(18,19)20;1-7(2)8(18)20-5-4-19-6-9(3,10(12,13)14)11(15,16)17;1-3-4-12-6(11)5(2)7(8,9)10;1-3-10-4-5-11-7(9)6(2)8;1-4-5-9-7(8)6(2)3;1-3-4-9-6(8)5(2)7;1-3-5-8-6(7)4-2;1-3(4(2)9)5(6,7)8;1-3-8-5(7)4(2)6;1-3-5(6)7-4-2;2*1-4(2)5(3)6;1-3(5)4(2)6;1-3-4(2)5;;/h4-7H,1H2,2-3H3;1,4-6H2,2-3H3;2-4H2,1H3;2-5H2,1H3;2,4-5H2,1,3H3;2-4H2,1H3;4H,2-3,5H2,1H3;1H2,2H3;2-3H2,1H3;3H,1,4H2,2H3;2*1H2,2-3H3;1H2,2H3;3H,1H2,2H3;2*1H4. The van der Waals surface area contributed by atoms with Gasteiger partial charge in [0.25, 0.3) is 0 Å². The molecular formula is C93H132F22O25. The number of carbonyl (C=O) groups is 14. The van der Waals surface area contributed by atoms with Gasteiger partial charge in [0.05, 0.1) is 65.0 Å². The molecule has 0 aromatic heterocycles. The number of hydrogen-bond acceptors (Lipinski definition) is 25. The van der Waals surface area contributed by atoms with Gasteiger partial charge in [-0.05, 0) is 158 Å². The van der Waals surface area contributed by atoms with E-state index in [1.165, 1.54) is 40.7 Å². The van der Waals surface area contributed by atoms with E-state index in [0.29, 0.717) is 68.1 Å². The van der Waals surface area contributed by atoms with Gasteiger partial charge in [-0.1, -0.05) is 147 Å². The topological polar surface area (TPSA) is 341 Å². The minimum Gasteiger partial charge on any atom is -0.463 e. The van der Waals surface area contributed by atoms with Crippen LogP contribution in [0.15, 0.2) is 197 Å². The number of halogens is 22. The van der Waals surface area contributed by atoms with Crippen molar-refractivity contribution in [2.45, 2.75) is 215 Å². The Labute approximate surface area is 803 Å². The summed E-state index contributed by atoms with van der Waals surface area (Å²) >= 11 is 0. The van der Waals surface area contributed by atoms with Gasteiger partial charge in [0.15, 0.2) is 45.6 Å². The van der Waals surface area contributed by atoms with Gasteiger partial charge < -0.3 is 52.1 Å². The Hall–Kier alpha value is -12.5. The van der Waals surface area contributed by atoms with Gasteiger partial charge in [-0.2, -0.15) is 92.2 Å². The summed E-state index contributed by atoms with van der Waals surface area (Å²) in [5, 5.41) is 0. The fourth-order valence-electron chi connectivity index (χ4n) is 4.73. The zero-order valence-electron chi connectivity index (χ0n) is 80.3. The number of allylic oxidation sites excluding steroid dienone is 5. The lowest BCUT2D eigenvalue weighted by molar-refractivity contribution is -0.345. The first-order valence-electron chi connectivity index (χ1n) is 39.1. The zero-order chi connectivity index (χ0) is 113. The van der Waals surface area contributed by atoms with Crippen molar-refractivity contribution in [3.8, 4) is 5.75 Å². The number of ketones is 5. The Kier molecular flexibility index (Phi) is 101. The van der Waals surface area contributed by atoms with Crippen molar-refractivity contribution in [2.24, 2.45) is 5.41 Å². The number of esters is 9. The summed E-state index contributed by atoms with van der Waals surface area (Å²) in [7, 11) is 0. The van der Waals surface area contributed by atoms with Gasteiger partial charge >= 0.3 is 90.8 Å². The molecule has 0 N–H and O–H groups in total. The summed E-state index contributed by atoms with van der Waals surface area (Å²) in [4.78, 5) is 144. The van der Waals surface area contributed by atoms with Gasteiger partial charge in [0.1, 0.15) is 24.5 Å². The Balaban J connectivity index is -0.0000000946. The molecule has 0 saturated heterocycles. The van der Waals surface area contributed by atoms with Crippen molar-refractivity contribution in [1.29, 1.82) is 0 Å². The van der Waals surface area contributed by atoms with Crippen LogP contribution in [-0.4, -0.2) is 199 Å². The van der Waals surface area contributed by atoms with Crippen LogP contribution in [0.5, 0.6) is 5.75 Å². The zero-order valence-corrected chi connectivity index (χ0v) is 80.3. The average Bonchev–Trinajstić information content (AvgIpc) is 0.744. The molecule has 140 heavy (non-hydrogen) atoms. The van der Waals surface area contributed by atoms with E-state index in [2.05, 4.69) is 130 Å². The molecule has 0 radical (unpaired) electrons. The molecule has 0 aliphatic rings. The Morgan fingerprint density at radius 2 is 0.564 bits per heavy atom. The van der Waals surface area contributed by atoms with Crippen molar-refractivity contribution >= 4 is 82.6 Å². The Bertz CT molecular complexity index is 3910. The maximum Gasteiger partial charge on any atom is 0.422 e. The smallest absolute Gasteiger partial charge is 0.422 e. The van der Waals surface area contributed by atoms with Gasteiger partial charge in [0.2, 0.25) is 17.5 Å². The molecule has 0 aliphatic heterocycles. The van der Waals surface area contributed by atoms with E-state index in [-0.39, 0.29) is 114 Å². The van der Waals surface area contributed by atoms with Crippen LogP contribution in [-0.2, 0) is 120 Å². The molecule has 0 spiro atoms. The van der Waals surface area contributed by atoms with Gasteiger partial charge in [-0.15, -0.1) is 0 Å². The number of benzene rings is 1. The lowest BCUT2D eigenvalue weighted by Gasteiger charge is -2.34. The number of carbonyl (C=O) groups excluding carboxylic acids is 14. The molecule has 0 atom stereocenters. The second-order valence-electron chi connectivity index (χ2n) is 25.9. The van der Waals surface area contributed by atoms with Crippen LogP contribution in [0, 0.1) is 5.41 Å². The molecule has 0 saturated carbocycles. The molecule has 25 nitrogen and oxygen atoms in total. The second-order valence-corrected chi connectivity index (χ2v) is 25.9. The number of alkyl halides is 18. The summed E-state index contributed by atoms with van der Waals surface area (Å²) in [6.45, 7) is 69.4. The molecular weight excluding hydrogens is 1930 g/mol. The van der Waals surface area contributed by atoms with E-state index in [1.807, 2.05) is 27.7 Å². The highest BCUT2D eigenvalue weighted by atomic mass is 19.4. The molecule has 0 unspecified atom stereocenters. The molecule has 0 bridgehead atoms. The molecule has 0 aliphatic carbocycles. The van der Waals surface area contributed by atoms with Crippen LogP contribution in [0.3, 0.4) is 0 Å². The average molecular weight is 2070 g/mol. The third-order valence-corrected chi connectivity index (χ3v) is 13.1. The van der Waals surface area contributed by atoms with Crippen LogP contribution in [0.25, 0.3) is 0 Å². The molecule has 1 aromatic rings. The minimum absolute atomic E-state index is 0. The molecule has 808 valence electrons. The van der Waals surface area contributed by atoms with Crippen molar-refractivity contribution in [1.82, 2.24) is 0 Å². The highest BCUT2D eigenvalue weighted by Gasteiger charge is 2.69. The molecule has 1 aromatic carbocycles.